The Morgan fingerprint density at radius 3 is 1.89 bits per heavy atom. The summed E-state index contributed by atoms with van der Waals surface area (Å²) in [5.41, 5.74) is 5.61. The minimum absolute atomic E-state index is 0.810. The molecular weight excluding hydrogens is 110 g/mol. The fraction of sp³-hybridized carbons (Fsp3) is 1.00. The number of rotatable bonds is 1. The first-order valence-electron chi connectivity index (χ1n) is 3.95. The molecule has 1 aliphatic rings. The zero-order chi connectivity index (χ0) is 6.85. The van der Waals surface area contributed by atoms with Gasteiger partial charge in [0.25, 0.3) is 0 Å². The summed E-state index contributed by atoms with van der Waals surface area (Å²) in [5.74, 6) is 2.57. The van der Waals surface area contributed by atoms with Gasteiger partial charge in [-0.25, -0.2) is 0 Å². The van der Waals surface area contributed by atoms with Gasteiger partial charge in [-0.1, -0.05) is 26.7 Å². The van der Waals surface area contributed by atoms with Crippen molar-refractivity contribution in [1.82, 2.24) is 0 Å². The van der Waals surface area contributed by atoms with E-state index in [0.717, 1.165) is 24.3 Å². The first kappa shape index (κ1) is 7.07. The molecule has 54 valence electrons. The maximum absolute atomic E-state index is 5.61. The molecule has 1 aliphatic carbocycles. The molecule has 9 heavy (non-hydrogen) atoms. The van der Waals surface area contributed by atoms with Crippen LogP contribution in [0, 0.1) is 17.8 Å². The average molecular weight is 127 g/mol. The Kier molecular flexibility index (Phi) is 2.12. The van der Waals surface area contributed by atoms with Crippen LogP contribution >= 0.6 is 0 Å². The number of nitrogens with two attached hydrogens (primary N) is 1. The maximum atomic E-state index is 5.61. The van der Waals surface area contributed by atoms with Crippen molar-refractivity contribution in [3.05, 3.63) is 0 Å². The summed E-state index contributed by atoms with van der Waals surface area (Å²) >= 11 is 0. The van der Waals surface area contributed by atoms with Gasteiger partial charge in [-0.05, 0) is 24.3 Å². The van der Waals surface area contributed by atoms with E-state index in [1.165, 1.54) is 12.8 Å². The standard InChI is InChI=1S/C8H17N/c1-6-3-4-7(2)8(6)5-9/h6-8H,3-5,9H2,1-2H3. The molecule has 0 spiro atoms. The fourth-order valence-electron chi connectivity index (χ4n) is 1.98. The van der Waals surface area contributed by atoms with Gasteiger partial charge in [0, 0.05) is 0 Å². The molecule has 1 rings (SSSR count). The van der Waals surface area contributed by atoms with E-state index in [4.69, 9.17) is 5.73 Å². The minimum atomic E-state index is 0.810. The van der Waals surface area contributed by atoms with E-state index in [1.807, 2.05) is 0 Å². The largest absolute Gasteiger partial charge is 0.330 e. The van der Waals surface area contributed by atoms with E-state index in [9.17, 15) is 0 Å². The normalized spacial score (nSPS) is 43.7. The summed E-state index contributed by atoms with van der Waals surface area (Å²) in [6.07, 6.45) is 2.78. The molecule has 0 amide bonds. The topological polar surface area (TPSA) is 26.0 Å². The van der Waals surface area contributed by atoms with Gasteiger partial charge in [0.05, 0.1) is 0 Å². The van der Waals surface area contributed by atoms with Crippen molar-refractivity contribution in [1.29, 1.82) is 0 Å². The number of hydrogen-bond acceptors (Lipinski definition) is 1. The van der Waals surface area contributed by atoms with Crippen LogP contribution in [0.25, 0.3) is 0 Å². The van der Waals surface area contributed by atoms with Gasteiger partial charge in [-0.2, -0.15) is 0 Å². The predicted molar refractivity (Wildman–Crippen MR) is 40.1 cm³/mol. The van der Waals surface area contributed by atoms with Crippen LogP contribution in [0.5, 0.6) is 0 Å². The predicted octanol–water partition coefficient (Wildman–Crippen LogP) is 1.63. The van der Waals surface area contributed by atoms with Crippen molar-refractivity contribution >= 4 is 0 Å². The highest BCUT2D eigenvalue weighted by Crippen LogP contribution is 2.35. The van der Waals surface area contributed by atoms with Crippen LogP contribution in [0.1, 0.15) is 26.7 Å². The molecule has 0 aromatic rings. The van der Waals surface area contributed by atoms with Gasteiger partial charge in [-0.15, -0.1) is 0 Å². The second-order valence-electron chi connectivity index (χ2n) is 3.43. The Hall–Kier alpha value is -0.0400. The molecule has 2 N–H and O–H groups in total. The summed E-state index contributed by atoms with van der Waals surface area (Å²) in [4.78, 5) is 0. The third-order valence-corrected chi connectivity index (χ3v) is 2.81. The first-order chi connectivity index (χ1) is 4.25. The highest BCUT2D eigenvalue weighted by atomic mass is 14.6. The molecular formula is C8H17N. The lowest BCUT2D eigenvalue weighted by Crippen LogP contribution is -2.21. The third kappa shape index (κ3) is 1.26. The lowest BCUT2D eigenvalue weighted by atomic mass is 9.92. The average Bonchev–Trinajstić information content (AvgIpc) is 2.12. The second kappa shape index (κ2) is 2.70. The monoisotopic (exact) mass is 127 g/mol. The van der Waals surface area contributed by atoms with E-state index < -0.39 is 0 Å². The van der Waals surface area contributed by atoms with E-state index in [0.29, 0.717) is 0 Å². The van der Waals surface area contributed by atoms with Gasteiger partial charge in [0.15, 0.2) is 0 Å². The van der Waals surface area contributed by atoms with Gasteiger partial charge >= 0.3 is 0 Å². The molecule has 0 aromatic carbocycles. The molecule has 0 saturated heterocycles. The molecule has 2 unspecified atom stereocenters. The molecule has 1 saturated carbocycles. The Balaban J connectivity index is 2.44. The zero-order valence-electron chi connectivity index (χ0n) is 6.43. The second-order valence-corrected chi connectivity index (χ2v) is 3.43. The smallest absolute Gasteiger partial charge is 0.00438 e. The molecule has 0 radical (unpaired) electrons. The summed E-state index contributed by atoms with van der Waals surface area (Å²) in [6.45, 7) is 5.53. The van der Waals surface area contributed by atoms with Crippen molar-refractivity contribution in [3.63, 3.8) is 0 Å². The van der Waals surface area contributed by atoms with Crippen LogP contribution in [0.4, 0.5) is 0 Å². The Labute approximate surface area is 57.6 Å². The summed E-state index contributed by atoms with van der Waals surface area (Å²) < 4.78 is 0. The molecule has 1 heteroatoms. The molecule has 0 bridgehead atoms. The lowest BCUT2D eigenvalue weighted by molar-refractivity contribution is 0.356. The van der Waals surface area contributed by atoms with E-state index in [1.54, 1.807) is 0 Å². The number of hydrogen-bond donors (Lipinski definition) is 1. The lowest BCUT2D eigenvalue weighted by Gasteiger charge is -2.16. The SMILES string of the molecule is CC1CCC(C)C1CN. The van der Waals surface area contributed by atoms with Gasteiger partial charge < -0.3 is 5.73 Å². The van der Waals surface area contributed by atoms with Crippen LogP contribution in [0.15, 0.2) is 0 Å². The van der Waals surface area contributed by atoms with Crippen molar-refractivity contribution in [2.45, 2.75) is 26.7 Å². The Morgan fingerprint density at radius 2 is 1.67 bits per heavy atom. The molecule has 0 aromatic heterocycles. The van der Waals surface area contributed by atoms with Crippen LogP contribution in [-0.2, 0) is 0 Å². The third-order valence-electron chi connectivity index (χ3n) is 2.81. The van der Waals surface area contributed by atoms with Gasteiger partial charge in [0.2, 0.25) is 0 Å². The molecule has 2 atom stereocenters. The summed E-state index contributed by atoms with van der Waals surface area (Å²) in [6, 6.07) is 0. The summed E-state index contributed by atoms with van der Waals surface area (Å²) in [7, 11) is 0. The van der Waals surface area contributed by atoms with Crippen molar-refractivity contribution in [3.8, 4) is 0 Å². The van der Waals surface area contributed by atoms with E-state index in [-0.39, 0.29) is 0 Å². The van der Waals surface area contributed by atoms with E-state index in [2.05, 4.69) is 13.8 Å². The van der Waals surface area contributed by atoms with Crippen LogP contribution in [0.3, 0.4) is 0 Å². The van der Waals surface area contributed by atoms with Crippen molar-refractivity contribution < 1.29 is 0 Å². The zero-order valence-corrected chi connectivity index (χ0v) is 6.43. The van der Waals surface area contributed by atoms with Crippen LogP contribution in [-0.4, -0.2) is 6.54 Å². The summed E-state index contributed by atoms with van der Waals surface area (Å²) in [5, 5.41) is 0. The molecule has 1 nitrogen and oxygen atoms in total. The molecule has 1 fully saturated rings. The molecule has 0 heterocycles. The van der Waals surface area contributed by atoms with Gasteiger partial charge in [0.1, 0.15) is 0 Å². The van der Waals surface area contributed by atoms with E-state index >= 15 is 0 Å². The van der Waals surface area contributed by atoms with Gasteiger partial charge in [-0.3, -0.25) is 0 Å². The quantitative estimate of drug-likeness (QED) is 0.569. The Morgan fingerprint density at radius 1 is 1.22 bits per heavy atom. The van der Waals surface area contributed by atoms with Crippen LogP contribution < -0.4 is 5.73 Å². The first-order valence-corrected chi connectivity index (χ1v) is 3.95. The Bertz CT molecular complexity index is 80.6. The maximum Gasteiger partial charge on any atom is -0.00438 e. The fourth-order valence-corrected chi connectivity index (χ4v) is 1.98. The highest BCUT2D eigenvalue weighted by molar-refractivity contribution is 4.80. The minimum Gasteiger partial charge on any atom is -0.330 e. The van der Waals surface area contributed by atoms with Crippen molar-refractivity contribution in [2.24, 2.45) is 23.5 Å². The molecule has 0 aliphatic heterocycles. The van der Waals surface area contributed by atoms with Crippen LogP contribution in [0.2, 0.25) is 0 Å². The van der Waals surface area contributed by atoms with Crippen molar-refractivity contribution in [2.75, 3.05) is 6.54 Å². The highest BCUT2D eigenvalue weighted by Gasteiger charge is 2.28.